The van der Waals surface area contributed by atoms with Crippen LogP contribution in [-0.4, -0.2) is 52.3 Å². The molecule has 2 heterocycles. The van der Waals surface area contributed by atoms with Gasteiger partial charge in [-0.15, -0.1) is 5.10 Å². The van der Waals surface area contributed by atoms with Crippen molar-refractivity contribution >= 4 is 23.5 Å². The van der Waals surface area contributed by atoms with Crippen molar-refractivity contribution in [2.75, 3.05) is 36.8 Å². The van der Waals surface area contributed by atoms with E-state index in [-0.39, 0.29) is 0 Å². The van der Waals surface area contributed by atoms with E-state index < -0.39 is 0 Å². The maximum atomic E-state index is 5.98. The highest BCUT2D eigenvalue weighted by Crippen LogP contribution is 2.21. The van der Waals surface area contributed by atoms with Gasteiger partial charge in [0.25, 0.3) is 0 Å². The first-order chi connectivity index (χ1) is 12.2. The maximum absolute atomic E-state index is 5.98. The first-order valence-electron chi connectivity index (χ1n) is 9.07. The van der Waals surface area contributed by atoms with E-state index >= 15 is 0 Å². The van der Waals surface area contributed by atoms with Gasteiger partial charge in [-0.1, -0.05) is 30.7 Å². The van der Waals surface area contributed by atoms with Crippen molar-refractivity contribution in [3.05, 3.63) is 34.9 Å². The molecule has 3 N–H and O–H groups in total. The largest absolute Gasteiger partial charge is 0.368 e. The molecule has 6 nitrogen and oxygen atoms in total. The number of nitrogens with one attached hydrogen (secondary N) is 1. The number of rotatable bonds is 7. The van der Waals surface area contributed by atoms with E-state index in [0.29, 0.717) is 12.0 Å². The molecule has 0 amide bonds. The monoisotopic (exact) mass is 362 g/mol. The van der Waals surface area contributed by atoms with Crippen LogP contribution in [0.2, 0.25) is 5.02 Å². The van der Waals surface area contributed by atoms with Gasteiger partial charge >= 0.3 is 0 Å². The minimum atomic E-state index is 0.382. The normalized spacial score (nSPS) is 15.9. The van der Waals surface area contributed by atoms with Gasteiger partial charge in [0.15, 0.2) is 0 Å². The van der Waals surface area contributed by atoms with Crippen LogP contribution in [0.1, 0.15) is 31.7 Å². The molecule has 0 radical (unpaired) electrons. The Labute approximate surface area is 154 Å². The van der Waals surface area contributed by atoms with Gasteiger partial charge in [0.05, 0.1) is 0 Å². The van der Waals surface area contributed by atoms with Crippen molar-refractivity contribution in [1.82, 2.24) is 20.1 Å². The topological polar surface area (TPSA) is 74.1 Å². The SMILES string of the molecule is CCCN(CCc1ccc(Cl)cc1)C1CCN(c2n[nH]c(N)n2)CC1. The van der Waals surface area contributed by atoms with Gasteiger partial charge in [-0.2, -0.15) is 4.98 Å². The summed E-state index contributed by atoms with van der Waals surface area (Å²) < 4.78 is 0. The lowest BCUT2D eigenvalue weighted by molar-refractivity contribution is 0.170. The summed E-state index contributed by atoms with van der Waals surface area (Å²) in [5, 5.41) is 7.69. The number of benzene rings is 1. The zero-order valence-electron chi connectivity index (χ0n) is 14.8. The summed E-state index contributed by atoms with van der Waals surface area (Å²) in [5.41, 5.74) is 6.98. The first-order valence-corrected chi connectivity index (χ1v) is 9.45. The van der Waals surface area contributed by atoms with E-state index in [1.807, 2.05) is 12.1 Å². The third-order valence-corrected chi connectivity index (χ3v) is 5.12. The van der Waals surface area contributed by atoms with Crippen LogP contribution in [-0.2, 0) is 6.42 Å². The first kappa shape index (κ1) is 18.0. The lowest BCUT2D eigenvalue weighted by atomic mass is 10.0. The fourth-order valence-corrected chi connectivity index (χ4v) is 3.65. The number of anilines is 2. The number of nitrogen functional groups attached to an aromatic ring is 1. The molecule has 0 spiro atoms. The van der Waals surface area contributed by atoms with E-state index in [1.54, 1.807) is 0 Å². The molecule has 2 aromatic rings. The molecule has 25 heavy (non-hydrogen) atoms. The van der Waals surface area contributed by atoms with Gasteiger partial charge in [0, 0.05) is 30.7 Å². The number of hydrogen-bond donors (Lipinski definition) is 2. The quantitative estimate of drug-likeness (QED) is 0.792. The number of H-pyrrole nitrogens is 1. The molecule has 0 saturated carbocycles. The van der Waals surface area contributed by atoms with E-state index in [0.717, 1.165) is 56.4 Å². The van der Waals surface area contributed by atoms with Gasteiger partial charge in [-0.25, -0.2) is 5.10 Å². The van der Waals surface area contributed by atoms with Gasteiger partial charge < -0.3 is 10.6 Å². The second kappa shape index (κ2) is 8.54. The zero-order valence-corrected chi connectivity index (χ0v) is 15.5. The van der Waals surface area contributed by atoms with Crippen LogP contribution >= 0.6 is 11.6 Å². The lowest BCUT2D eigenvalue weighted by Crippen LogP contribution is -2.46. The Morgan fingerprint density at radius 1 is 1.24 bits per heavy atom. The Bertz CT molecular complexity index is 648. The van der Waals surface area contributed by atoms with Crippen molar-refractivity contribution in [1.29, 1.82) is 0 Å². The van der Waals surface area contributed by atoms with E-state index in [9.17, 15) is 0 Å². The summed E-state index contributed by atoms with van der Waals surface area (Å²) in [5.74, 6) is 1.10. The average Bonchev–Trinajstić information content (AvgIpc) is 3.07. The Hall–Kier alpha value is -1.79. The number of nitrogens with two attached hydrogens (primary N) is 1. The van der Waals surface area contributed by atoms with E-state index in [1.165, 1.54) is 12.0 Å². The molecule has 3 rings (SSSR count). The van der Waals surface area contributed by atoms with E-state index in [2.05, 4.69) is 44.0 Å². The van der Waals surface area contributed by atoms with Gasteiger partial charge in [-0.3, -0.25) is 4.90 Å². The number of halogens is 1. The van der Waals surface area contributed by atoms with Crippen LogP contribution < -0.4 is 10.6 Å². The van der Waals surface area contributed by atoms with Crippen LogP contribution in [0.5, 0.6) is 0 Å². The highest BCUT2D eigenvalue weighted by molar-refractivity contribution is 6.30. The molecule has 1 fully saturated rings. The second-order valence-electron chi connectivity index (χ2n) is 6.65. The number of aromatic amines is 1. The van der Waals surface area contributed by atoms with Crippen LogP contribution in [0.4, 0.5) is 11.9 Å². The molecule has 0 aliphatic carbocycles. The molecule has 136 valence electrons. The predicted octanol–water partition coefficient (Wildman–Crippen LogP) is 2.96. The van der Waals surface area contributed by atoms with Crippen molar-refractivity contribution in [2.24, 2.45) is 0 Å². The van der Waals surface area contributed by atoms with Gasteiger partial charge in [0.2, 0.25) is 11.9 Å². The highest BCUT2D eigenvalue weighted by Gasteiger charge is 2.25. The smallest absolute Gasteiger partial charge is 0.246 e. The molecular formula is C18H27ClN6. The minimum absolute atomic E-state index is 0.382. The van der Waals surface area contributed by atoms with Crippen LogP contribution in [0.15, 0.2) is 24.3 Å². The third-order valence-electron chi connectivity index (χ3n) is 4.87. The number of aromatic nitrogens is 3. The highest BCUT2D eigenvalue weighted by atomic mass is 35.5. The average molecular weight is 363 g/mol. The van der Waals surface area contributed by atoms with Crippen molar-refractivity contribution in [3.63, 3.8) is 0 Å². The Kier molecular flexibility index (Phi) is 6.15. The molecule has 1 aliphatic heterocycles. The number of hydrogen-bond acceptors (Lipinski definition) is 5. The molecular weight excluding hydrogens is 336 g/mol. The Balaban J connectivity index is 1.53. The maximum Gasteiger partial charge on any atom is 0.246 e. The summed E-state index contributed by atoms with van der Waals surface area (Å²) in [4.78, 5) is 9.09. The molecule has 1 saturated heterocycles. The standard InChI is InChI=1S/C18H27ClN6/c1-2-10-24(11-7-14-3-5-15(19)6-4-14)16-8-12-25(13-9-16)18-21-17(20)22-23-18/h3-6,16H,2,7-13H2,1H3,(H3,20,21,22,23). The van der Waals surface area contributed by atoms with E-state index in [4.69, 9.17) is 17.3 Å². The summed E-state index contributed by atoms with van der Waals surface area (Å²) in [6.07, 6.45) is 4.51. The van der Waals surface area contributed by atoms with Gasteiger partial charge in [-0.05, 0) is 49.9 Å². The molecule has 0 bridgehead atoms. The Morgan fingerprint density at radius 2 is 1.96 bits per heavy atom. The number of nitrogens with zero attached hydrogens (tertiary/aromatic N) is 4. The van der Waals surface area contributed by atoms with Crippen molar-refractivity contribution in [2.45, 2.75) is 38.6 Å². The zero-order chi connectivity index (χ0) is 17.6. The van der Waals surface area contributed by atoms with Crippen LogP contribution in [0.3, 0.4) is 0 Å². The van der Waals surface area contributed by atoms with Crippen molar-refractivity contribution < 1.29 is 0 Å². The summed E-state index contributed by atoms with van der Waals surface area (Å²) >= 11 is 5.98. The van der Waals surface area contributed by atoms with Crippen LogP contribution in [0.25, 0.3) is 0 Å². The predicted molar refractivity (Wildman–Crippen MR) is 103 cm³/mol. The van der Waals surface area contributed by atoms with Crippen molar-refractivity contribution in [3.8, 4) is 0 Å². The third kappa shape index (κ3) is 4.86. The summed E-state index contributed by atoms with van der Waals surface area (Å²) in [7, 11) is 0. The Morgan fingerprint density at radius 3 is 2.56 bits per heavy atom. The molecule has 1 aromatic carbocycles. The number of piperidine rings is 1. The summed E-state index contributed by atoms with van der Waals surface area (Å²) in [6, 6.07) is 8.83. The fraction of sp³-hybridized carbons (Fsp3) is 0.556. The molecule has 7 heteroatoms. The molecule has 1 aromatic heterocycles. The fourth-order valence-electron chi connectivity index (χ4n) is 3.53. The molecule has 1 aliphatic rings. The van der Waals surface area contributed by atoms with Gasteiger partial charge in [0.1, 0.15) is 0 Å². The second-order valence-corrected chi connectivity index (χ2v) is 7.09. The summed E-state index contributed by atoms with van der Waals surface area (Å²) in [6.45, 7) is 6.44. The minimum Gasteiger partial charge on any atom is -0.368 e. The molecule has 0 atom stereocenters. The van der Waals surface area contributed by atoms with Crippen LogP contribution in [0, 0.1) is 0 Å². The molecule has 0 unspecified atom stereocenters. The lowest BCUT2D eigenvalue weighted by Gasteiger charge is -2.38.